The molecule has 4 aromatic carbocycles. The van der Waals surface area contributed by atoms with Gasteiger partial charge < -0.3 is 21.3 Å². The van der Waals surface area contributed by atoms with Crippen LogP contribution in [0.25, 0.3) is 108 Å². The van der Waals surface area contributed by atoms with Crippen LogP contribution < -0.4 is 21.3 Å². The van der Waals surface area contributed by atoms with Gasteiger partial charge in [-0.2, -0.15) is 25.5 Å². The summed E-state index contributed by atoms with van der Waals surface area (Å²) in [6.07, 6.45) is 21.4. The van der Waals surface area contributed by atoms with Crippen LogP contribution in [-0.4, -0.2) is 133 Å². The topological polar surface area (TPSA) is 371 Å². The monoisotopic (exact) mass is 1820 g/mol. The summed E-state index contributed by atoms with van der Waals surface area (Å²) in [5.74, 6) is 9.96. The molecule has 4 amide bonds. The van der Waals surface area contributed by atoms with Gasteiger partial charge in [-0.3, -0.25) is 24.3 Å². The second kappa shape index (κ2) is 34.1. The van der Waals surface area contributed by atoms with Crippen LogP contribution >= 0.6 is 0 Å². The number of benzene rings is 4. The highest BCUT2D eigenvalue weighted by Gasteiger charge is 2.48. The summed E-state index contributed by atoms with van der Waals surface area (Å²) in [4.78, 5) is 107. The molecule has 0 saturated heterocycles. The number of carbonyl (C=O) groups excluding carboxylic acids is 4. The first-order valence-corrected chi connectivity index (χ1v) is 45.0. The zero-order valence-corrected chi connectivity index (χ0v) is 75.2. The summed E-state index contributed by atoms with van der Waals surface area (Å²) in [5.41, 5.74) is 10.0. The molecule has 13 aromatic heterocycles. The Hall–Kier alpha value is -16.2. The number of aromatic nitrogens is 22. The van der Waals surface area contributed by atoms with E-state index in [0.717, 1.165) is 75.7 Å². The number of pyridine rings is 4. The van der Waals surface area contributed by atoms with Gasteiger partial charge in [0.05, 0.1) is 92.2 Å². The van der Waals surface area contributed by atoms with Gasteiger partial charge in [-0.1, -0.05) is 97.6 Å². The van der Waals surface area contributed by atoms with Crippen molar-refractivity contribution in [2.45, 2.75) is 155 Å². The molecule has 136 heavy (non-hydrogen) atoms. The lowest BCUT2D eigenvalue weighted by atomic mass is 9.84. The smallest absolute Gasteiger partial charge is 0.235 e. The van der Waals surface area contributed by atoms with Crippen LogP contribution in [0.15, 0.2) is 189 Å². The molecule has 34 heteroatoms. The lowest BCUT2D eigenvalue weighted by molar-refractivity contribution is -0.120. The SMILES string of the molecule is CC1(C)C(=O)Nc2nc(-c3nn(Cc4ccccc4F)c4ncccc34)nc(-c3ccn[nH]3)c21.CC1(C)C(=O)Nc2nc(-c3nn(Cc4ccccc4F)c4ncccc34)nc(/C=C\C3CC3)c21.CC1(C)C(=O)Nc2nc(-c3nn(Cc4ccccc4F)c4ncccc34)nc(C#CC3CC3)c21.CC1(C)C(=O)Nc2nc(-c3nn(Cc4ccccc4F)c4ncccc34)nc(CCC3CC3)c21. The molecular weight excluding hydrogens is 1730 g/mol. The fraction of sp³-hybridized carbons (Fsp3) is 0.265. The van der Waals surface area contributed by atoms with Crippen LogP contribution in [0, 0.1) is 52.9 Å². The Bertz CT molecular complexity index is 7860. The van der Waals surface area contributed by atoms with E-state index in [-0.39, 0.29) is 73.1 Å². The minimum atomic E-state index is -0.817. The molecule has 0 spiro atoms. The molecule has 17 aromatic rings. The first kappa shape index (κ1) is 86.5. The Morgan fingerprint density at radius 2 is 0.750 bits per heavy atom. The van der Waals surface area contributed by atoms with Gasteiger partial charge in [-0.05, 0) is 197 Å². The Morgan fingerprint density at radius 3 is 1.15 bits per heavy atom. The maximum absolute atomic E-state index is 14.3. The third kappa shape index (κ3) is 16.2. The number of aromatic amines is 1. The summed E-state index contributed by atoms with van der Waals surface area (Å²) in [7, 11) is 0. The van der Waals surface area contributed by atoms with Crippen molar-refractivity contribution in [3.8, 4) is 69.3 Å². The molecule has 7 aliphatic rings. The van der Waals surface area contributed by atoms with Crippen molar-refractivity contribution in [3.63, 3.8) is 0 Å². The molecule has 3 saturated carbocycles. The van der Waals surface area contributed by atoms with E-state index in [1.54, 1.807) is 135 Å². The Kier molecular flexibility index (Phi) is 21.7. The molecule has 0 radical (unpaired) electrons. The number of H-pyrrole nitrogens is 1. The Balaban J connectivity index is 0.000000108. The van der Waals surface area contributed by atoms with Gasteiger partial charge in [0.15, 0.2) is 45.9 Å². The molecule has 0 atom stereocenters. The van der Waals surface area contributed by atoms with Crippen molar-refractivity contribution in [3.05, 3.63) is 274 Å². The van der Waals surface area contributed by atoms with Gasteiger partial charge in [0.25, 0.3) is 0 Å². The quantitative estimate of drug-likeness (QED) is 0.0393. The molecule has 3 aliphatic carbocycles. The zero-order valence-electron chi connectivity index (χ0n) is 75.2. The van der Waals surface area contributed by atoms with Gasteiger partial charge in [-0.25, -0.2) is 96.1 Å². The Labute approximate surface area is 775 Å². The molecule has 5 N–H and O–H groups in total. The largest absolute Gasteiger partial charge is 0.310 e. The number of nitrogens with zero attached hydrogens (tertiary/aromatic N) is 21. The number of rotatable bonds is 18. The number of halogens is 4. The molecule has 678 valence electrons. The van der Waals surface area contributed by atoms with Gasteiger partial charge >= 0.3 is 0 Å². The van der Waals surface area contributed by atoms with Gasteiger partial charge in [0, 0.05) is 81.4 Å². The maximum atomic E-state index is 14.3. The molecule has 4 aliphatic heterocycles. The molecule has 0 unspecified atom stereocenters. The number of aryl methyl sites for hydroxylation is 1. The van der Waals surface area contributed by atoms with Crippen LogP contribution in [0.2, 0.25) is 0 Å². The molecule has 3 fully saturated rings. The second-order valence-electron chi connectivity index (χ2n) is 37.0. The lowest BCUT2D eigenvalue weighted by Gasteiger charge is -2.18. The van der Waals surface area contributed by atoms with Crippen LogP contribution in [-0.2, 0) is 73.4 Å². The summed E-state index contributed by atoms with van der Waals surface area (Å²) < 4.78 is 64.0. The predicted octanol–water partition coefficient (Wildman–Crippen LogP) is 17.1. The third-order valence-corrected chi connectivity index (χ3v) is 25.8. The van der Waals surface area contributed by atoms with E-state index >= 15 is 0 Å². The third-order valence-electron chi connectivity index (χ3n) is 25.8. The number of allylic oxidation sites excluding steroid dienone is 1. The average molecular weight is 1820 g/mol. The maximum Gasteiger partial charge on any atom is 0.235 e. The van der Waals surface area contributed by atoms with Crippen molar-refractivity contribution in [2.24, 2.45) is 17.8 Å². The number of nitrogens with one attached hydrogen (secondary N) is 5. The average Bonchev–Trinajstić information content (AvgIpc) is 1.58. The minimum Gasteiger partial charge on any atom is -0.310 e. The van der Waals surface area contributed by atoms with Crippen LogP contribution in [0.4, 0.5) is 40.8 Å². The van der Waals surface area contributed by atoms with Gasteiger partial charge in [0.2, 0.25) is 23.6 Å². The summed E-state index contributed by atoms with van der Waals surface area (Å²) in [6, 6.07) is 43.1. The second-order valence-corrected chi connectivity index (χ2v) is 37.0. The van der Waals surface area contributed by atoms with Gasteiger partial charge in [0.1, 0.15) is 75.0 Å². The Morgan fingerprint density at radius 1 is 0.382 bits per heavy atom. The molecule has 0 bridgehead atoms. The minimum absolute atomic E-state index is 0.0711. The lowest BCUT2D eigenvalue weighted by Crippen LogP contribution is -2.28. The molecule has 17 heterocycles. The van der Waals surface area contributed by atoms with Crippen LogP contribution in [0.1, 0.15) is 162 Å². The normalized spacial score (nSPS) is 16.0. The predicted molar refractivity (Wildman–Crippen MR) is 503 cm³/mol. The van der Waals surface area contributed by atoms with Crippen molar-refractivity contribution < 1.29 is 36.7 Å². The summed E-state index contributed by atoms with van der Waals surface area (Å²) in [5, 5.41) is 40.6. The van der Waals surface area contributed by atoms with E-state index < -0.39 is 21.7 Å². The number of amides is 4. The fourth-order valence-corrected chi connectivity index (χ4v) is 17.6. The molecule has 24 rings (SSSR count). The highest BCUT2D eigenvalue weighted by Crippen LogP contribution is 2.48. The first-order chi connectivity index (χ1) is 65.7. The summed E-state index contributed by atoms with van der Waals surface area (Å²) >= 11 is 0. The number of anilines is 4. The molecule has 30 nitrogen and oxygen atoms in total. The number of hydrogen-bond acceptors (Lipinski definition) is 21. The number of hydrogen-bond donors (Lipinski definition) is 5. The fourth-order valence-electron chi connectivity index (χ4n) is 17.6. The van der Waals surface area contributed by atoms with E-state index in [1.807, 2.05) is 104 Å². The van der Waals surface area contributed by atoms with Gasteiger partial charge in [-0.15, -0.1) is 0 Å². The zero-order chi connectivity index (χ0) is 93.8. The molecular formula is C102H88F4N26O4. The van der Waals surface area contributed by atoms with E-state index in [2.05, 4.69) is 79.3 Å². The van der Waals surface area contributed by atoms with E-state index in [9.17, 15) is 36.7 Å². The van der Waals surface area contributed by atoms with Crippen molar-refractivity contribution in [1.82, 2.24) is 109 Å². The number of carbonyl (C=O) groups is 4. The van der Waals surface area contributed by atoms with Crippen molar-refractivity contribution in [2.75, 3.05) is 21.3 Å². The highest BCUT2D eigenvalue weighted by molar-refractivity contribution is 6.09. The number of fused-ring (bicyclic) bond motifs is 8. The van der Waals surface area contributed by atoms with E-state index in [1.165, 1.54) is 49.9 Å². The highest BCUT2D eigenvalue weighted by atomic mass is 19.1. The standard InChI is InChI=1S/C26H25FN6O.C26H23FN6O.C26H21FN6O.C24H19FN8O/c3*1-26(2)20-19(12-11-15-9-10-15)29-23(30-22(20)31-25(26)34)21-17-7-5-13-28-24(17)33(32-21)14-16-6-3-4-8-18(16)27;1-24(2)17-19(16-9-11-27-31-16)28-21(29-20(17)30-23(24)34)18-14-7-5-10-26-22(14)33(32-18)12-13-6-3-4-8-15(13)25/h3-8,13,15H,9-12,14H2,1-2H3,(H,29,30,31,34);3-8,11-13,15H,9-10,14H2,1-2H3,(H,29,30,31,34);3-8,13,15H,9-10,14H2,1-2H3,(H,29,30,31,34);3-11H,12H2,1-2H3,(H,27,31)(H,28,29,30,34)/b;12-11-;;. The van der Waals surface area contributed by atoms with E-state index in [0.29, 0.717) is 154 Å². The van der Waals surface area contributed by atoms with E-state index in [4.69, 9.17) is 50.3 Å². The van der Waals surface area contributed by atoms with Crippen molar-refractivity contribution >= 4 is 97.1 Å². The first-order valence-electron chi connectivity index (χ1n) is 45.0. The van der Waals surface area contributed by atoms with Crippen LogP contribution in [0.3, 0.4) is 0 Å². The van der Waals surface area contributed by atoms with Crippen LogP contribution in [0.5, 0.6) is 0 Å². The summed E-state index contributed by atoms with van der Waals surface area (Å²) in [6.45, 7) is 15.8. The van der Waals surface area contributed by atoms with Crippen molar-refractivity contribution in [1.29, 1.82) is 0 Å².